The standard InChI is InChI=1S/C16H16BrClFN/c1-9-6-13(15(18)7-10(9)2)16(20-3)12-8-11(19)4-5-14(12)17/h4-8,16,20H,1-3H3. The molecule has 0 aliphatic carbocycles. The van der Waals surface area contributed by atoms with Crippen molar-refractivity contribution in [2.24, 2.45) is 0 Å². The molecule has 0 aliphatic heterocycles. The van der Waals surface area contributed by atoms with Crippen LogP contribution in [0.5, 0.6) is 0 Å². The number of benzene rings is 2. The highest BCUT2D eigenvalue weighted by Gasteiger charge is 2.19. The first-order chi connectivity index (χ1) is 9.43. The van der Waals surface area contributed by atoms with E-state index in [9.17, 15) is 4.39 Å². The summed E-state index contributed by atoms with van der Waals surface area (Å²) in [6.07, 6.45) is 0. The van der Waals surface area contributed by atoms with Crippen molar-refractivity contribution < 1.29 is 4.39 Å². The molecule has 0 bridgehead atoms. The topological polar surface area (TPSA) is 12.0 Å². The Bertz CT molecular complexity index is 643. The second-order valence-electron chi connectivity index (χ2n) is 4.85. The maximum Gasteiger partial charge on any atom is 0.123 e. The number of rotatable bonds is 3. The summed E-state index contributed by atoms with van der Waals surface area (Å²) >= 11 is 9.84. The maximum absolute atomic E-state index is 13.5. The fourth-order valence-electron chi connectivity index (χ4n) is 2.24. The molecule has 1 N–H and O–H groups in total. The van der Waals surface area contributed by atoms with E-state index in [-0.39, 0.29) is 11.9 Å². The van der Waals surface area contributed by atoms with Gasteiger partial charge in [-0.25, -0.2) is 4.39 Å². The van der Waals surface area contributed by atoms with Crippen LogP contribution in [0.3, 0.4) is 0 Å². The van der Waals surface area contributed by atoms with Crippen LogP contribution in [-0.4, -0.2) is 7.05 Å². The highest BCUT2D eigenvalue weighted by molar-refractivity contribution is 9.10. The molecule has 0 aromatic heterocycles. The number of nitrogens with one attached hydrogen (secondary N) is 1. The molecule has 20 heavy (non-hydrogen) atoms. The van der Waals surface area contributed by atoms with Crippen LogP contribution < -0.4 is 5.32 Å². The van der Waals surface area contributed by atoms with Gasteiger partial charge in [0.2, 0.25) is 0 Å². The molecule has 2 aromatic carbocycles. The number of aryl methyl sites for hydroxylation is 2. The molecule has 0 amide bonds. The van der Waals surface area contributed by atoms with Crippen LogP contribution in [0, 0.1) is 19.7 Å². The van der Waals surface area contributed by atoms with Crippen LogP contribution in [0.4, 0.5) is 4.39 Å². The summed E-state index contributed by atoms with van der Waals surface area (Å²) in [6.45, 7) is 4.07. The first-order valence-corrected chi connectivity index (χ1v) is 7.50. The molecular formula is C16H16BrClFN. The summed E-state index contributed by atoms with van der Waals surface area (Å²) in [6, 6.07) is 8.51. The molecule has 0 saturated heterocycles. The predicted octanol–water partition coefficient (Wildman–Crippen LogP) is 5.17. The van der Waals surface area contributed by atoms with Crippen LogP contribution in [0.2, 0.25) is 5.02 Å². The van der Waals surface area contributed by atoms with E-state index in [2.05, 4.69) is 27.3 Å². The van der Waals surface area contributed by atoms with Crippen molar-refractivity contribution in [3.05, 3.63) is 67.9 Å². The van der Waals surface area contributed by atoms with E-state index in [0.717, 1.165) is 26.7 Å². The molecule has 1 unspecified atom stereocenters. The van der Waals surface area contributed by atoms with Gasteiger partial charge in [-0.2, -0.15) is 0 Å². The van der Waals surface area contributed by atoms with Crippen molar-refractivity contribution in [3.63, 3.8) is 0 Å². The van der Waals surface area contributed by atoms with Crippen molar-refractivity contribution in [3.8, 4) is 0 Å². The lowest BCUT2D eigenvalue weighted by atomic mass is 9.95. The smallest absolute Gasteiger partial charge is 0.123 e. The van der Waals surface area contributed by atoms with Crippen molar-refractivity contribution >= 4 is 27.5 Å². The minimum atomic E-state index is -0.261. The lowest BCUT2D eigenvalue weighted by Gasteiger charge is -2.21. The van der Waals surface area contributed by atoms with Gasteiger partial charge in [-0.15, -0.1) is 0 Å². The Kier molecular flexibility index (Phi) is 4.84. The zero-order valence-corrected chi connectivity index (χ0v) is 13.9. The summed E-state index contributed by atoms with van der Waals surface area (Å²) < 4.78 is 14.4. The molecule has 2 rings (SSSR count). The molecule has 1 nitrogen and oxygen atoms in total. The van der Waals surface area contributed by atoms with Crippen LogP contribution >= 0.6 is 27.5 Å². The second kappa shape index (κ2) is 6.25. The third-order valence-electron chi connectivity index (χ3n) is 3.48. The number of hydrogen-bond donors (Lipinski definition) is 1. The van der Waals surface area contributed by atoms with Crippen molar-refractivity contribution in [1.82, 2.24) is 5.32 Å². The van der Waals surface area contributed by atoms with E-state index in [1.165, 1.54) is 12.1 Å². The zero-order valence-electron chi connectivity index (χ0n) is 11.6. The van der Waals surface area contributed by atoms with Gasteiger partial charge in [0.15, 0.2) is 0 Å². The van der Waals surface area contributed by atoms with E-state index in [1.807, 2.05) is 27.0 Å². The molecule has 0 spiro atoms. The number of halogens is 3. The monoisotopic (exact) mass is 355 g/mol. The van der Waals surface area contributed by atoms with E-state index in [0.29, 0.717) is 5.02 Å². The van der Waals surface area contributed by atoms with Crippen molar-refractivity contribution in [2.45, 2.75) is 19.9 Å². The van der Waals surface area contributed by atoms with Gasteiger partial charge in [0.25, 0.3) is 0 Å². The molecule has 0 fully saturated rings. The molecule has 106 valence electrons. The quantitative estimate of drug-likeness (QED) is 0.800. The lowest BCUT2D eigenvalue weighted by molar-refractivity contribution is 0.615. The Hall–Kier alpha value is -0.900. The molecule has 0 saturated carbocycles. The Morgan fingerprint density at radius 1 is 1.10 bits per heavy atom. The molecule has 0 aliphatic rings. The van der Waals surface area contributed by atoms with Gasteiger partial charge in [-0.1, -0.05) is 33.6 Å². The fraction of sp³-hybridized carbons (Fsp3) is 0.250. The van der Waals surface area contributed by atoms with Crippen molar-refractivity contribution in [2.75, 3.05) is 7.05 Å². The fourth-order valence-corrected chi connectivity index (χ4v) is 3.04. The molecule has 0 radical (unpaired) electrons. The van der Waals surface area contributed by atoms with Gasteiger partial charge >= 0.3 is 0 Å². The summed E-state index contributed by atoms with van der Waals surface area (Å²) in [5.74, 6) is -0.261. The third kappa shape index (κ3) is 3.05. The van der Waals surface area contributed by atoms with Crippen LogP contribution in [0.25, 0.3) is 0 Å². The van der Waals surface area contributed by atoms with Gasteiger partial charge in [0.05, 0.1) is 6.04 Å². The second-order valence-corrected chi connectivity index (χ2v) is 6.11. The summed E-state index contributed by atoms with van der Waals surface area (Å²) in [5, 5.41) is 3.89. The predicted molar refractivity (Wildman–Crippen MR) is 85.9 cm³/mol. The van der Waals surface area contributed by atoms with Crippen LogP contribution in [-0.2, 0) is 0 Å². The minimum Gasteiger partial charge on any atom is -0.309 e. The molecular weight excluding hydrogens is 341 g/mol. The first-order valence-electron chi connectivity index (χ1n) is 6.33. The zero-order chi connectivity index (χ0) is 14.9. The average molecular weight is 357 g/mol. The summed E-state index contributed by atoms with van der Waals surface area (Å²) in [5.41, 5.74) is 4.09. The third-order valence-corrected chi connectivity index (χ3v) is 4.53. The number of hydrogen-bond acceptors (Lipinski definition) is 1. The van der Waals surface area contributed by atoms with Gasteiger partial charge in [-0.3, -0.25) is 0 Å². The SMILES string of the molecule is CNC(c1cc(C)c(C)cc1Cl)c1cc(F)ccc1Br. The maximum atomic E-state index is 13.5. The molecule has 0 heterocycles. The molecule has 2 aromatic rings. The van der Waals surface area contributed by atoms with Gasteiger partial charge in [-0.05, 0) is 67.4 Å². The van der Waals surface area contributed by atoms with Gasteiger partial charge in [0, 0.05) is 9.50 Å². The average Bonchev–Trinajstić information content (AvgIpc) is 2.40. The van der Waals surface area contributed by atoms with E-state index >= 15 is 0 Å². The highest BCUT2D eigenvalue weighted by Crippen LogP contribution is 2.34. The summed E-state index contributed by atoms with van der Waals surface area (Å²) in [7, 11) is 1.84. The first kappa shape index (κ1) is 15.5. The van der Waals surface area contributed by atoms with Gasteiger partial charge < -0.3 is 5.32 Å². The lowest BCUT2D eigenvalue weighted by Crippen LogP contribution is -2.19. The Balaban J connectivity index is 2.58. The molecule has 1 atom stereocenters. The highest BCUT2D eigenvalue weighted by atomic mass is 79.9. The molecule has 4 heteroatoms. The van der Waals surface area contributed by atoms with E-state index in [4.69, 9.17) is 11.6 Å². The Morgan fingerprint density at radius 2 is 1.75 bits per heavy atom. The summed E-state index contributed by atoms with van der Waals surface area (Å²) in [4.78, 5) is 0. The van der Waals surface area contributed by atoms with Crippen LogP contribution in [0.15, 0.2) is 34.8 Å². The van der Waals surface area contributed by atoms with Gasteiger partial charge in [0.1, 0.15) is 5.82 Å². The van der Waals surface area contributed by atoms with Crippen molar-refractivity contribution in [1.29, 1.82) is 0 Å². The minimum absolute atomic E-state index is 0.160. The Morgan fingerprint density at radius 3 is 2.40 bits per heavy atom. The van der Waals surface area contributed by atoms with Crippen LogP contribution in [0.1, 0.15) is 28.3 Å². The Labute approximate surface area is 132 Å². The van der Waals surface area contributed by atoms with E-state index in [1.54, 1.807) is 6.07 Å². The largest absolute Gasteiger partial charge is 0.309 e. The van der Waals surface area contributed by atoms with E-state index < -0.39 is 0 Å². The normalized spacial score (nSPS) is 12.5.